The van der Waals surface area contributed by atoms with Crippen LogP contribution in [0, 0.1) is 0 Å². The number of amides is 2. The van der Waals surface area contributed by atoms with Crippen molar-refractivity contribution in [1.82, 2.24) is 15.2 Å². The Kier molecular flexibility index (Phi) is 4.57. The van der Waals surface area contributed by atoms with Gasteiger partial charge >= 0.3 is 6.03 Å². The van der Waals surface area contributed by atoms with E-state index in [9.17, 15) is 4.79 Å². The van der Waals surface area contributed by atoms with Crippen LogP contribution in [0.4, 0.5) is 16.3 Å². The number of nitrogens with zero attached hydrogens (tertiary/aromatic N) is 2. The molecule has 0 bridgehead atoms. The van der Waals surface area contributed by atoms with E-state index in [1.165, 1.54) is 0 Å². The third-order valence-corrected chi connectivity index (χ3v) is 2.80. The first-order valence-corrected chi connectivity index (χ1v) is 6.55. The van der Waals surface area contributed by atoms with Gasteiger partial charge in [0.05, 0.1) is 11.9 Å². The van der Waals surface area contributed by atoms with Gasteiger partial charge in [0.15, 0.2) is 0 Å². The lowest BCUT2D eigenvalue weighted by molar-refractivity contribution is 0.251. The Morgan fingerprint density at radius 1 is 1.42 bits per heavy atom. The van der Waals surface area contributed by atoms with Crippen LogP contribution in [-0.4, -0.2) is 49.1 Å². The Morgan fingerprint density at radius 2 is 2.21 bits per heavy atom. The lowest BCUT2D eigenvalue weighted by atomic mass is 10.4. The molecule has 19 heavy (non-hydrogen) atoms. The van der Waals surface area contributed by atoms with Crippen molar-refractivity contribution in [2.75, 3.05) is 37.8 Å². The van der Waals surface area contributed by atoms with Crippen molar-refractivity contribution in [3.8, 4) is 0 Å². The van der Waals surface area contributed by atoms with Gasteiger partial charge in [-0.05, 0) is 39.1 Å². The fourth-order valence-electron chi connectivity index (χ4n) is 1.56. The normalized spacial score (nSPS) is 14.3. The minimum absolute atomic E-state index is 0.155. The SMILES string of the molecule is CN(C)CCNc1ccc(NC(=O)NC2CC2)cn1. The van der Waals surface area contributed by atoms with E-state index in [-0.39, 0.29) is 6.03 Å². The summed E-state index contributed by atoms with van der Waals surface area (Å²) in [5.41, 5.74) is 0.705. The van der Waals surface area contributed by atoms with E-state index in [0.717, 1.165) is 31.7 Å². The molecule has 0 radical (unpaired) electrons. The highest BCUT2D eigenvalue weighted by molar-refractivity contribution is 5.89. The Bertz CT molecular complexity index is 414. The van der Waals surface area contributed by atoms with Crippen LogP contribution in [0.5, 0.6) is 0 Å². The molecule has 1 aliphatic carbocycles. The summed E-state index contributed by atoms with van der Waals surface area (Å²) in [7, 11) is 4.06. The van der Waals surface area contributed by atoms with Gasteiger partial charge in [-0.2, -0.15) is 0 Å². The monoisotopic (exact) mass is 263 g/mol. The lowest BCUT2D eigenvalue weighted by Crippen LogP contribution is -2.30. The highest BCUT2D eigenvalue weighted by atomic mass is 16.2. The summed E-state index contributed by atoms with van der Waals surface area (Å²) in [5.74, 6) is 0.815. The minimum atomic E-state index is -0.155. The van der Waals surface area contributed by atoms with Crippen molar-refractivity contribution in [1.29, 1.82) is 0 Å². The van der Waals surface area contributed by atoms with Crippen molar-refractivity contribution in [2.45, 2.75) is 18.9 Å². The molecule has 2 rings (SSSR count). The molecule has 1 aromatic rings. The first-order valence-electron chi connectivity index (χ1n) is 6.55. The highest BCUT2D eigenvalue weighted by Gasteiger charge is 2.23. The first-order chi connectivity index (χ1) is 9.13. The molecular weight excluding hydrogens is 242 g/mol. The molecule has 1 aromatic heterocycles. The fraction of sp³-hybridized carbons (Fsp3) is 0.538. The molecule has 6 heteroatoms. The van der Waals surface area contributed by atoms with Crippen LogP contribution in [0.15, 0.2) is 18.3 Å². The first kappa shape index (κ1) is 13.6. The number of nitrogens with one attached hydrogen (secondary N) is 3. The van der Waals surface area contributed by atoms with Crippen LogP contribution in [-0.2, 0) is 0 Å². The predicted octanol–water partition coefficient (Wildman–Crippen LogP) is 1.34. The lowest BCUT2D eigenvalue weighted by Gasteiger charge is -2.11. The summed E-state index contributed by atoms with van der Waals surface area (Å²) in [6.07, 6.45) is 3.82. The van der Waals surface area contributed by atoms with Gasteiger partial charge in [0, 0.05) is 19.1 Å². The van der Waals surface area contributed by atoms with Crippen LogP contribution in [0.1, 0.15) is 12.8 Å². The van der Waals surface area contributed by atoms with E-state index >= 15 is 0 Å². The fourth-order valence-corrected chi connectivity index (χ4v) is 1.56. The Morgan fingerprint density at radius 3 is 2.79 bits per heavy atom. The number of anilines is 2. The maximum atomic E-state index is 11.5. The van der Waals surface area contributed by atoms with Crippen LogP contribution >= 0.6 is 0 Å². The molecule has 1 fully saturated rings. The summed E-state index contributed by atoms with van der Waals surface area (Å²) in [6, 6.07) is 3.91. The molecule has 2 amide bonds. The number of carbonyl (C=O) groups excluding carboxylic acids is 1. The molecule has 0 aromatic carbocycles. The van der Waals surface area contributed by atoms with Crippen LogP contribution < -0.4 is 16.0 Å². The molecule has 1 saturated carbocycles. The second-order valence-electron chi connectivity index (χ2n) is 5.03. The Balaban J connectivity index is 1.75. The smallest absolute Gasteiger partial charge is 0.319 e. The number of rotatable bonds is 6. The number of hydrogen-bond donors (Lipinski definition) is 3. The van der Waals surface area contributed by atoms with Gasteiger partial charge in [0.1, 0.15) is 5.82 Å². The zero-order chi connectivity index (χ0) is 13.7. The summed E-state index contributed by atoms with van der Waals surface area (Å²) in [6.45, 7) is 1.79. The molecule has 0 spiro atoms. The number of aromatic nitrogens is 1. The summed E-state index contributed by atoms with van der Waals surface area (Å²) in [5, 5.41) is 8.85. The summed E-state index contributed by atoms with van der Waals surface area (Å²) < 4.78 is 0. The number of carbonyl (C=O) groups is 1. The molecule has 6 nitrogen and oxygen atoms in total. The number of pyridine rings is 1. The molecule has 1 aliphatic rings. The van der Waals surface area contributed by atoms with E-state index in [0.29, 0.717) is 11.7 Å². The van der Waals surface area contributed by atoms with E-state index in [2.05, 4.69) is 25.8 Å². The van der Waals surface area contributed by atoms with Crippen molar-refractivity contribution in [3.05, 3.63) is 18.3 Å². The molecule has 1 heterocycles. The van der Waals surface area contributed by atoms with Crippen molar-refractivity contribution in [3.63, 3.8) is 0 Å². The van der Waals surface area contributed by atoms with Gasteiger partial charge in [0.2, 0.25) is 0 Å². The van der Waals surface area contributed by atoms with Gasteiger partial charge in [-0.15, -0.1) is 0 Å². The van der Waals surface area contributed by atoms with E-state index < -0.39 is 0 Å². The maximum Gasteiger partial charge on any atom is 0.319 e. The standard InChI is InChI=1S/C13H21N5O/c1-18(2)8-7-14-12-6-5-11(9-15-12)17-13(19)16-10-3-4-10/h5-6,9-10H,3-4,7-8H2,1-2H3,(H,14,15)(H2,16,17,19). The third kappa shape index (κ3) is 5.13. The van der Waals surface area contributed by atoms with Crippen molar-refractivity contribution in [2.24, 2.45) is 0 Å². The predicted molar refractivity (Wildman–Crippen MR) is 76.5 cm³/mol. The molecule has 0 atom stereocenters. The molecular formula is C13H21N5O. The van der Waals surface area contributed by atoms with Gasteiger partial charge in [-0.3, -0.25) is 0 Å². The van der Waals surface area contributed by atoms with Gasteiger partial charge in [-0.1, -0.05) is 0 Å². The molecule has 104 valence electrons. The number of likely N-dealkylation sites (N-methyl/N-ethyl adjacent to an activating group) is 1. The topological polar surface area (TPSA) is 69.3 Å². The zero-order valence-electron chi connectivity index (χ0n) is 11.4. The largest absolute Gasteiger partial charge is 0.369 e. The van der Waals surface area contributed by atoms with Crippen LogP contribution in [0.3, 0.4) is 0 Å². The molecule has 3 N–H and O–H groups in total. The van der Waals surface area contributed by atoms with Gasteiger partial charge < -0.3 is 20.9 Å². The quantitative estimate of drug-likeness (QED) is 0.724. The van der Waals surface area contributed by atoms with Crippen molar-refractivity contribution >= 4 is 17.5 Å². The summed E-state index contributed by atoms with van der Waals surface area (Å²) >= 11 is 0. The number of hydrogen-bond acceptors (Lipinski definition) is 4. The van der Waals surface area contributed by atoms with Crippen LogP contribution in [0.2, 0.25) is 0 Å². The van der Waals surface area contributed by atoms with Crippen molar-refractivity contribution < 1.29 is 4.79 Å². The van der Waals surface area contributed by atoms with Gasteiger partial charge in [-0.25, -0.2) is 9.78 Å². The van der Waals surface area contributed by atoms with Crippen LogP contribution in [0.25, 0.3) is 0 Å². The average Bonchev–Trinajstić information content (AvgIpc) is 3.14. The zero-order valence-corrected chi connectivity index (χ0v) is 11.4. The van der Waals surface area contributed by atoms with Gasteiger partial charge in [0.25, 0.3) is 0 Å². The molecule has 0 saturated heterocycles. The molecule has 0 unspecified atom stereocenters. The average molecular weight is 263 g/mol. The van der Waals surface area contributed by atoms with E-state index in [4.69, 9.17) is 0 Å². The third-order valence-electron chi connectivity index (χ3n) is 2.80. The number of urea groups is 1. The highest BCUT2D eigenvalue weighted by Crippen LogP contribution is 2.18. The van der Waals surface area contributed by atoms with E-state index in [1.54, 1.807) is 6.20 Å². The maximum absolute atomic E-state index is 11.5. The Hall–Kier alpha value is -1.82. The van der Waals surface area contributed by atoms with E-state index in [1.807, 2.05) is 26.2 Å². The Labute approximate surface area is 113 Å². The second-order valence-corrected chi connectivity index (χ2v) is 5.03. The minimum Gasteiger partial charge on any atom is -0.369 e. The summed E-state index contributed by atoms with van der Waals surface area (Å²) in [4.78, 5) is 17.9. The second kappa shape index (κ2) is 6.38. The molecule has 0 aliphatic heterocycles.